The lowest BCUT2D eigenvalue weighted by Gasteiger charge is -2.21. The highest BCUT2D eigenvalue weighted by Gasteiger charge is 2.32. The van der Waals surface area contributed by atoms with Gasteiger partial charge in [-0.25, -0.2) is 4.68 Å². The summed E-state index contributed by atoms with van der Waals surface area (Å²) in [6.45, 7) is 0.184. The van der Waals surface area contributed by atoms with Crippen molar-refractivity contribution in [1.82, 2.24) is 15.1 Å². The second-order valence-corrected chi connectivity index (χ2v) is 5.76. The normalized spacial score (nSPS) is 16.6. The highest BCUT2D eigenvalue weighted by molar-refractivity contribution is 5.94. The van der Waals surface area contributed by atoms with Crippen LogP contribution in [0, 0.1) is 0 Å². The zero-order chi connectivity index (χ0) is 15.6. The second-order valence-electron chi connectivity index (χ2n) is 5.76. The summed E-state index contributed by atoms with van der Waals surface area (Å²) < 4.78 is 1.45. The van der Waals surface area contributed by atoms with Crippen molar-refractivity contribution in [3.8, 4) is 11.4 Å². The van der Waals surface area contributed by atoms with Crippen LogP contribution in [-0.2, 0) is 0 Å². The summed E-state index contributed by atoms with van der Waals surface area (Å²) in [6.07, 6.45) is 4.73. The van der Waals surface area contributed by atoms with Crippen molar-refractivity contribution in [2.45, 2.75) is 31.3 Å². The quantitative estimate of drug-likeness (QED) is 0.800. The molecule has 6 nitrogen and oxygen atoms in total. The number of rotatable bonds is 4. The summed E-state index contributed by atoms with van der Waals surface area (Å²) in [5.74, 6) is -0.660. The van der Waals surface area contributed by atoms with E-state index in [1.807, 2.05) is 30.3 Å². The van der Waals surface area contributed by atoms with E-state index in [4.69, 9.17) is 0 Å². The van der Waals surface area contributed by atoms with E-state index in [-0.39, 0.29) is 18.0 Å². The van der Waals surface area contributed by atoms with Crippen LogP contribution in [0.3, 0.4) is 0 Å². The van der Waals surface area contributed by atoms with Gasteiger partial charge in [0.05, 0.1) is 17.5 Å². The molecule has 1 aromatic heterocycles. The minimum atomic E-state index is -0.826. The largest absolute Gasteiger partial charge is 0.504 e. The molecule has 1 fully saturated rings. The maximum Gasteiger partial charge on any atom is 0.275 e. The molecular weight excluding hydrogens is 282 g/mol. The van der Waals surface area contributed by atoms with Crippen LogP contribution in [-0.4, -0.2) is 38.0 Å². The van der Waals surface area contributed by atoms with Crippen LogP contribution in [0.15, 0.2) is 36.5 Å². The van der Waals surface area contributed by atoms with Gasteiger partial charge in [0.2, 0.25) is 0 Å². The number of benzene rings is 1. The number of hydrogen-bond donors (Lipinski definition) is 3. The van der Waals surface area contributed by atoms with E-state index in [1.165, 1.54) is 10.9 Å². The molecule has 1 aliphatic carbocycles. The van der Waals surface area contributed by atoms with Gasteiger partial charge in [-0.3, -0.25) is 4.79 Å². The Kier molecular flexibility index (Phi) is 3.85. The zero-order valence-electron chi connectivity index (χ0n) is 12.2. The summed E-state index contributed by atoms with van der Waals surface area (Å²) >= 11 is 0. The van der Waals surface area contributed by atoms with Crippen molar-refractivity contribution in [2.24, 2.45) is 0 Å². The lowest BCUT2D eigenvalue weighted by atomic mass is 10.0. The van der Waals surface area contributed by atoms with E-state index in [2.05, 4.69) is 10.4 Å². The molecule has 3 rings (SSSR count). The molecule has 116 valence electrons. The van der Waals surface area contributed by atoms with Gasteiger partial charge in [0.25, 0.3) is 5.91 Å². The van der Waals surface area contributed by atoms with Gasteiger partial charge >= 0.3 is 0 Å². The van der Waals surface area contributed by atoms with Gasteiger partial charge in [0.15, 0.2) is 11.4 Å². The molecule has 3 N–H and O–H groups in total. The number of carbonyl (C=O) groups excluding carboxylic acids is 1. The molecule has 1 aliphatic rings. The van der Waals surface area contributed by atoms with Crippen LogP contribution in [0.5, 0.6) is 5.75 Å². The maximum atomic E-state index is 12.2. The van der Waals surface area contributed by atoms with Gasteiger partial charge in [-0.05, 0) is 25.0 Å². The number of hydrogen-bond acceptors (Lipinski definition) is 4. The SMILES string of the molecule is O=C(NCC1(O)CCCC1)c1nn(-c2ccccc2)cc1O. The molecule has 1 amide bonds. The summed E-state index contributed by atoms with van der Waals surface area (Å²) in [6, 6.07) is 9.24. The van der Waals surface area contributed by atoms with E-state index in [9.17, 15) is 15.0 Å². The first-order valence-electron chi connectivity index (χ1n) is 7.42. The van der Waals surface area contributed by atoms with Gasteiger partial charge in [-0.1, -0.05) is 31.0 Å². The molecule has 6 heteroatoms. The van der Waals surface area contributed by atoms with E-state index in [1.54, 1.807) is 0 Å². The second kappa shape index (κ2) is 5.81. The van der Waals surface area contributed by atoms with E-state index < -0.39 is 11.5 Å². The molecule has 0 unspecified atom stereocenters. The topological polar surface area (TPSA) is 87.4 Å². The Hall–Kier alpha value is -2.34. The van der Waals surface area contributed by atoms with Crippen molar-refractivity contribution in [3.05, 3.63) is 42.2 Å². The number of aliphatic hydroxyl groups is 1. The molecule has 0 saturated heterocycles. The third kappa shape index (κ3) is 2.96. The molecule has 1 heterocycles. The molecule has 0 spiro atoms. The summed E-state index contributed by atoms with van der Waals surface area (Å²) in [5.41, 5.74) is -0.107. The summed E-state index contributed by atoms with van der Waals surface area (Å²) in [5, 5.41) is 26.9. The Labute approximate surface area is 128 Å². The summed E-state index contributed by atoms with van der Waals surface area (Å²) in [4.78, 5) is 12.2. The molecule has 2 aromatic rings. The molecule has 0 atom stereocenters. The molecule has 1 aromatic carbocycles. The van der Waals surface area contributed by atoms with Gasteiger partial charge < -0.3 is 15.5 Å². The Morgan fingerprint density at radius 1 is 1.27 bits per heavy atom. The number of aromatic nitrogens is 2. The van der Waals surface area contributed by atoms with Crippen molar-refractivity contribution in [2.75, 3.05) is 6.54 Å². The lowest BCUT2D eigenvalue weighted by molar-refractivity contribution is 0.0448. The number of para-hydroxylation sites is 1. The van der Waals surface area contributed by atoms with E-state index in [0.29, 0.717) is 12.8 Å². The number of aromatic hydroxyl groups is 1. The Bertz CT molecular complexity index is 661. The highest BCUT2D eigenvalue weighted by atomic mass is 16.3. The van der Waals surface area contributed by atoms with Gasteiger partial charge in [-0.2, -0.15) is 5.10 Å². The van der Waals surface area contributed by atoms with Crippen molar-refractivity contribution in [3.63, 3.8) is 0 Å². The number of amides is 1. The van der Waals surface area contributed by atoms with Crippen LogP contribution < -0.4 is 5.32 Å². The first-order chi connectivity index (χ1) is 10.6. The fourth-order valence-corrected chi connectivity index (χ4v) is 2.78. The number of nitrogens with zero attached hydrogens (tertiary/aromatic N) is 2. The fraction of sp³-hybridized carbons (Fsp3) is 0.375. The van der Waals surface area contributed by atoms with Gasteiger partial charge in [0, 0.05) is 6.54 Å². The van der Waals surface area contributed by atoms with E-state index in [0.717, 1.165) is 18.5 Å². The molecule has 0 bridgehead atoms. The molecule has 0 aliphatic heterocycles. The number of nitrogens with one attached hydrogen (secondary N) is 1. The van der Waals surface area contributed by atoms with Crippen molar-refractivity contribution in [1.29, 1.82) is 0 Å². The van der Waals surface area contributed by atoms with Crippen molar-refractivity contribution < 1.29 is 15.0 Å². The monoisotopic (exact) mass is 301 g/mol. The first kappa shape index (κ1) is 14.6. The standard InChI is InChI=1S/C16H19N3O3/c20-13-10-19(12-6-2-1-3-7-12)18-14(13)15(21)17-11-16(22)8-4-5-9-16/h1-3,6-7,10,20,22H,4-5,8-9,11H2,(H,17,21). The highest BCUT2D eigenvalue weighted by Crippen LogP contribution is 2.28. The van der Waals surface area contributed by atoms with Crippen LogP contribution >= 0.6 is 0 Å². The predicted molar refractivity (Wildman–Crippen MR) is 81.0 cm³/mol. The fourth-order valence-electron chi connectivity index (χ4n) is 2.78. The molecule has 0 radical (unpaired) electrons. The third-order valence-corrected chi connectivity index (χ3v) is 4.04. The van der Waals surface area contributed by atoms with Crippen LogP contribution in [0.1, 0.15) is 36.2 Å². The predicted octanol–water partition coefficient (Wildman–Crippen LogP) is 1.61. The Balaban J connectivity index is 1.72. The maximum absolute atomic E-state index is 12.2. The van der Waals surface area contributed by atoms with E-state index >= 15 is 0 Å². The Morgan fingerprint density at radius 2 is 1.95 bits per heavy atom. The minimum absolute atomic E-state index is 0.0366. The molecular formula is C16H19N3O3. The third-order valence-electron chi connectivity index (χ3n) is 4.04. The molecule has 22 heavy (non-hydrogen) atoms. The van der Waals surface area contributed by atoms with Crippen LogP contribution in [0.4, 0.5) is 0 Å². The van der Waals surface area contributed by atoms with Crippen LogP contribution in [0.2, 0.25) is 0 Å². The average Bonchev–Trinajstić information content (AvgIpc) is 3.13. The number of carbonyl (C=O) groups is 1. The van der Waals surface area contributed by atoms with Gasteiger partial charge in [-0.15, -0.1) is 0 Å². The first-order valence-corrected chi connectivity index (χ1v) is 7.42. The molecule has 1 saturated carbocycles. The lowest BCUT2D eigenvalue weighted by Crippen LogP contribution is -2.40. The Morgan fingerprint density at radius 3 is 2.64 bits per heavy atom. The average molecular weight is 301 g/mol. The summed E-state index contributed by atoms with van der Waals surface area (Å²) in [7, 11) is 0. The smallest absolute Gasteiger partial charge is 0.275 e. The van der Waals surface area contributed by atoms with Crippen LogP contribution in [0.25, 0.3) is 5.69 Å². The minimum Gasteiger partial charge on any atom is -0.504 e. The zero-order valence-corrected chi connectivity index (χ0v) is 12.2. The van der Waals surface area contributed by atoms with Gasteiger partial charge in [0.1, 0.15) is 0 Å². The van der Waals surface area contributed by atoms with Crippen molar-refractivity contribution >= 4 is 5.91 Å².